The number of aromatic nitrogens is 1. The van der Waals surface area contributed by atoms with Crippen molar-refractivity contribution in [3.63, 3.8) is 0 Å². The minimum Gasteiger partial charge on any atom is -0.352 e. The van der Waals surface area contributed by atoms with E-state index < -0.39 is 5.43 Å². The van der Waals surface area contributed by atoms with Crippen molar-refractivity contribution < 1.29 is 9.59 Å². The molecule has 1 saturated carbocycles. The van der Waals surface area contributed by atoms with Crippen LogP contribution in [0.4, 0.5) is 0 Å². The summed E-state index contributed by atoms with van der Waals surface area (Å²) in [7, 11) is 3.88. The van der Waals surface area contributed by atoms with Gasteiger partial charge in [0.25, 0.3) is 11.8 Å². The number of pyridine rings is 1. The van der Waals surface area contributed by atoms with Gasteiger partial charge in [0.1, 0.15) is 11.1 Å². The Morgan fingerprint density at radius 3 is 2.50 bits per heavy atom. The van der Waals surface area contributed by atoms with Gasteiger partial charge in [-0.15, -0.1) is 0 Å². The smallest absolute Gasteiger partial charge is 0.259 e. The topological polar surface area (TPSA) is 74.7 Å². The van der Waals surface area contributed by atoms with Gasteiger partial charge in [0, 0.05) is 45.1 Å². The van der Waals surface area contributed by atoms with Crippen LogP contribution in [-0.2, 0) is 0 Å². The highest BCUT2D eigenvalue weighted by atomic mass is 16.2. The molecule has 1 aromatic rings. The van der Waals surface area contributed by atoms with Crippen LogP contribution < -0.4 is 10.7 Å². The summed E-state index contributed by atoms with van der Waals surface area (Å²) in [6.45, 7) is 5.27. The Morgan fingerprint density at radius 1 is 1.09 bits per heavy atom. The van der Waals surface area contributed by atoms with E-state index in [1.165, 1.54) is 6.42 Å². The van der Waals surface area contributed by atoms with Crippen molar-refractivity contribution in [1.82, 2.24) is 19.7 Å². The minimum atomic E-state index is -0.455. The van der Waals surface area contributed by atoms with Crippen LogP contribution in [0.2, 0.25) is 0 Å². The molecule has 178 valence electrons. The molecule has 1 saturated heterocycles. The number of nitrogens with zero attached hydrogens (tertiary/aromatic N) is 3. The number of amides is 2. The van der Waals surface area contributed by atoms with Crippen molar-refractivity contribution in [2.24, 2.45) is 5.92 Å². The van der Waals surface area contributed by atoms with Gasteiger partial charge in [-0.25, -0.2) is 0 Å². The number of carbonyl (C=O) groups is 2. The lowest BCUT2D eigenvalue weighted by Crippen LogP contribution is -2.42. The van der Waals surface area contributed by atoms with Crippen molar-refractivity contribution in [2.75, 3.05) is 40.3 Å². The van der Waals surface area contributed by atoms with E-state index in [2.05, 4.69) is 24.2 Å². The molecule has 0 bridgehead atoms. The standard InChI is InChI=1S/C25H40N4O3/c1-4-5-13-26-24(31)21-17-29(20-11-7-6-8-12-20)18-22(23(21)30)25(32)28(3)16-19-10-9-14-27(2)15-19/h17-20H,4-16H2,1-3H3,(H,26,31). The van der Waals surface area contributed by atoms with Gasteiger partial charge in [-0.1, -0.05) is 32.6 Å². The zero-order chi connectivity index (χ0) is 23.1. The van der Waals surface area contributed by atoms with Gasteiger partial charge in [0.05, 0.1) is 0 Å². The van der Waals surface area contributed by atoms with Gasteiger partial charge < -0.3 is 19.7 Å². The quantitative estimate of drug-likeness (QED) is 0.625. The molecule has 1 aliphatic heterocycles. The van der Waals surface area contributed by atoms with Gasteiger partial charge in [0.2, 0.25) is 5.43 Å². The molecular weight excluding hydrogens is 404 g/mol. The molecule has 2 fully saturated rings. The van der Waals surface area contributed by atoms with Gasteiger partial charge in [-0.3, -0.25) is 14.4 Å². The highest BCUT2D eigenvalue weighted by Crippen LogP contribution is 2.28. The molecule has 1 aliphatic carbocycles. The fourth-order valence-electron chi connectivity index (χ4n) is 5.07. The van der Waals surface area contributed by atoms with E-state index in [4.69, 9.17) is 0 Å². The molecule has 1 aromatic heterocycles. The van der Waals surface area contributed by atoms with Gasteiger partial charge >= 0.3 is 0 Å². The Hall–Kier alpha value is -2.15. The lowest BCUT2D eigenvalue weighted by Gasteiger charge is -2.32. The molecule has 2 amide bonds. The summed E-state index contributed by atoms with van der Waals surface area (Å²) in [4.78, 5) is 43.4. The van der Waals surface area contributed by atoms with Crippen molar-refractivity contribution in [3.05, 3.63) is 33.7 Å². The van der Waals surface area contributed by atoms with Crippen molar-refractivity contribution in [3.8, 4) is 0 Å². The molecular formula is C25H40N4O3. The molecule has 2 aliphatic rings. The zero-order valence-corrected chi connectivity index (χ0v) is 20.1. The van der Waals surface area contributed by atoms with Crippen molar-refractivity contribution in [2.45, 2.75) is 70.8 Å². The minimum absolute atomic E-state index is 0.0864. The summed E-state index contributed by atoms with van der Waals surface area (Å²) < 4.78 is 1.96. The highest BCUT2D eigenvalue weighted by molar-refractivity contribution is 5.99. The summed E-state index contributed by atoms with van der Waals surface area (Å²) in [6, 6.07) is 0.232. The fourth-order valence-corrected chi connectivity index (χ4v) is 5.07. The Balaban J connectivity index is 1.86. The van der Waals surface area contributed by atoms with Crippen molar-refractivity contribution in [1.29, 1.82) is 0 Å². The first-order valence-corrected chi connectivity index (χ1v) is 12.4. The highest BCUT2D eigenvalue weighted by Gasteiger charge is 2.26. The summed E-state index contributed by atoms with van der Waals surface area (Å²) in [5.41, 5.74) is -0.252. The average Bonchev–Trinajstić information content (AvgIpc) is 2.79. The summed E-state index contributed by atoms with van der Waals surface area (Å²) in [5, 5.41) is 2.85. The number of carbonyl (C=O) groups excluding carboxylic acids is 2. The first kappa shape index (κ1) is 24.5. The number of nitrogens with one attached hydrogen (secondary N) is 1. The van der Waals surface area contributed by atoms with E-state index in [-0.39, 0.29) is 29.0 Å². The predicted molar refractivity (Wildman–Crippen MR) is 127 cm³/mol. The zero-order valence-electron chi connectivity index (χ0n) is 20.1. The van der Waals surface area contributed by atoms with Crippen LogP contribution in [0.25, 0.3) is 0 Å². The van der Waals surface area contributed by atoms with Gasteiger partial charge in [0.15, 0.2) is 0 Å². The molecule has 7 heteroatoms. The van der Waals surface area contributed by atoms with Crippen molar-refractivity contribution >= 4 is 11.8 Å². The maximum atomic E-state index is 13.4. The molecule has 32 heavy (non-hydrogen) atoms. The number of likely N-dealkylation sites (tertiary alicyclic amines) is 1. The normalized spacial score (nSPS) is 20.2. The number of piperidine rings is 1. The van der Waals surface area contributed by atoms with Crippen LogP contribution in [-0.4, -0.2) is 66.5 Å². The van der Waals surface area contributed by atoms with Crippen LogP contribution in [0.5, 0.6) is 0 Å². The fraction of sp³-hybridized carbons (Fsp3) is 0.720. The summed E-state index contributed by atoms with van der Waals surface area (Å²) in [6.07, 6.45) is 12.9. The Kier molecular flexibility index (Phi) is 8.91. The monoisotopic (exact) mass is 444 g/mol. The largest absolute Gasteiger partial charge is 0.352 e. The van der Waals surface area contributed by atoms with E-state index in [0.717, 1.165) is 64.5 Å². The third kappa shape index (κ3) is 6.21. The molecule has 1 unspecified atom stereocenters. The second kappa shape index (κ2) is 11.6. The molecule has 1 N–H and O–H groups in total. The molecule has 0 radical (unpaired) electrons. The lowest BCUT2D eigenvalue weighted by atomic mass is 9.94. The summed E-state index contributed by atoms with van der Waals surface area (Å²) in [5.74, 6) is -0.251. The van der Waals surface area contributed by atoms with E-state index in [1.54, 1.807) is 24.3 Å². The maximum Gasteiger partial charge on any atom is 0.259 e. The third-order valence-corrected chi connectivity index (χ3v) is 6.93. The Morgan fingerprint density at radius 2 is 1.81 bits per heavy atom. The predicted octanol–water partition coefficient (Wildman–Crippen LogP) is 3.30. The average molecular weight is 445 g/mol. The number of hydrogen-bond acceptors (Lipinski definition) is 4. The molecule has 0 spiro atoms. The Labute approximate surface area is 192 Å². The first-order valence-electron chi connectivity index (χ1n) is 12.4. The molecule has 3 rings (SSSR count). The molecule has 2 heterocycles. The maximum absolute atomic E-state index is 13.4. The summed E-state index contributed by atoms with van der Waals surface area (Å²) >= 11 is 0. The Bertz CT molecular complexity index is 844. The van der Waals surface area contributed by atoms with E-state index in [9.17, 15) is 14.4 Å². The molecule has 1 atom stereocenters. The second-order valence-electron chi connectivity index (χ2n) is 9.72. The van der Waals surface area contributed by atoms with Gasteiger partial charge in [-0.05, 0) is 51.6 Å². The van der Waals surface area contributed by atoms with E-state index in [1.807, 2.05) is 4.57 Å². The van der Waals surface area contributed by atoms with Gasteiger partial charge in [-0.2, -0.15) is 0 Å². The van der Waals surface area contributed by atoms with E-state index >= 15 is 0 Å². The van der Waals surface area contributed by atoms with Crippen LogP contribution >= 0.6 is 0 Å². The lowest BCUT2D eigenvalue weighted by molar-refractivity contribution is 0.0738. The number of hydrogen-bond donors (Lipinski definition) is 1. The van der Waals surface area contributed by atoms with Crippen LogP contribution in [0.3, 0.4) is 0 Å². The van der Waals surface area contributed by atoms with Crippen LogP contribution in [0.15, 0.2) is 17.2 Å². The second-order valence-corrected chi connectivity index (χ2v) is 9.72. The number of unbranched alkanes of at least 4 members (excludes halogenated alkanes) is 1. The number of rotatable bonds is 8. The molecule has 0 aromatic carbocycles. The first-order chi connectivity index (χ1) is 15.4. The van der Waals surface area contributed by atoms with Crippen LogP contribution in [0.1, 0.15) is 91.5 Å². The van der Waals surface area contributed by atoms with Crippen LogP contribution in [0, 0.1) is 5.92 Å². The SMILES string of the molecule is CCCCNC(=O)c1cn(C2CCCCC2)cc(C(=O)N(C)CC2CCCN(C)C2)c1=O. The van der Waals surface area contributed by atoms with E-state index in [0.29, 0.717) is 19.0 Å². The molecule has 7 nitrogen and oxygen atoms in total. The third-order valence-electron chi connectivity index (χ3n) is 6.93.